The molecule has 1 atom stereocenters. The molecule has 70 valence electrons. The second-order valence-electron chi connectivity index (χ2n) is 2.50. The number of carboxylic acid groups (broad SMARTS) is 1. The van der Waals surface area contributed by atoms with Crippen molar-refractivity contribution < 1.29 is 14.7 Å². The summed E-state index contributed by atoms with van der Waals surface area (Å²) >= 11 is 3.92. The summed E-state index contributed by atoms with van der Waals surface area (Å²) in [6.45, 7) is 1.34. The summed E-state index contributed by atoms with van der Waals surface area (Å²) in [7, 11) is 1.48. The molecule has 0 radical (unpaired) electrons. The molecule has 0 aromatic carbocycles. The zero-order valence-corrected chi connectivity index (χ0v) is 8.04. The molecule has 0 aromatic rings. The van der Waals surface area contributed by atoms with Gasteiger partial charge in [-0.3, -0.25) is 4.79 Å². The molecule has 0 fully saturated rings. The molecule has 0 bridgehead atoms. The van der Waals surface area contributed by atoms with Crippen LogP contribution in [-0.4, -0.2) is 40.7 Å². The Kier molecular flexibility index (Phi) is 4.73. The molecule has 1 N–H and O–H groups in total. The Morgan fingerprint density at radius 2 is 2.08 bits per heavy atom. The maximum atomic E-state index is 10.8. The number of carbonyl (C=O) groups excluding carboxylic acids is 1. The molecule has 5 heteroatoms. The third-order valence-electron chi connectivity index (χ3n) is 1.65. The van der Waals surface area contributed by atoms with E-state index in [9.17, 15) is 9.59 Å². The monoisotopic (exact) mass is 191 g/mol. The molecule has 0 saturated heterocycles. The van der Waals surface area contributed by atoms with Crippen LogP contribution in [0.15, 0.2) is 0 Å². The Labute approximate surface area is 77.0 Å². The highest BCUT2D eigenvalue weighted by Crippen LogP contribution is 2.03. The minimum atomic E-state index is -0.984. The van der Waals surface area contributed by atoms with Crippen molar-refractivity contribution in [1.29, 1.82) is 0 Å². The van der Waals surface area contributed by atoms with Gasteiger partial charge in [-0.25, -0.2) is 4.79 Å². The van der Waals surface area contributed by atoms with Gasteiger partial charge in [-0.1, -0.05) is 0 Å². The van der Waals surface area contributed by atoms with Gasteiger partial charge in [0.25, 0.3) is 0 Å². The van der Waals surface area contributed by atoms with Gasteiger partial charge >= 0.3 is 5.97 Å². The molecule has 0 aromatic heterocycles. The van der Waals surface area contributed by atoms with Crippen LogP contribution in [0.1, 0.15) is 13.3 Å². The number of hydrogen-bond acceptors (Lipinski definition) is 3. The fourth-order valence-corrected chi connectivity index (χ4v) is 1.07. The highest BCUT2D eigenvalue weighted by Gasteiger charge is 2.23. The Hall–Kier alpha value is -0.710. The van der Waals surface area contributed by atoms with E-state index >= 15 is 0 Å². The number of carboxylic acids is 1. The first-order valence-corrected chi connectivity index (χ1v) is 4.21. The lowest BCUT2D eigenvalue weighted by Gasteiger charge is -2.22. The highest BCUT2D eigenvalue weighted by atomic mass is 32.1. The summed E-state index contributed by atoms with van der Waals surface area (Å²) in [4.78, 5) is 22.6. The normalized spacial score (nSPS) is 12.2. The van der Waals surface area contributed by atoms with Crippen LogP contribution in [0.4, 0.5) is 0 Å². The number of aliphatic carboxylic acids is 1. The molecule has 0 heterocycles. The van der Waals surface area contributed by atoms with E-state index in [-0.39, 0.29) is 5.91 Å². The highest BCUT2D eigenvalue weighted by molar-refractivity contribution is 7.80. The van der Waals surface area contributed by atoms with Crippen LogP contribution >= 0.6 is 12.6 Å². The van der Waals surface area contributed by atoms with Crippen molar-refractivity contribution in [2.24, 2.45) is 0 Å². The van der Waals surface area contributed by atoms with Gasteiger partial charge < -0.3 is 10.0 Å². The number of likely N-dealkylation sites (N-methyl/N-ethyl adjacent to an activating group) is 1. The predicted molar refractivity (Wildman–Crippen MR) is 48.3 cm³/mol. The quantitative estimate of drug-likeness (QED) is 0.626. The molecule has 0 rings (SSSR count). The van der Waals surface area contributed by atoms with Crippen LogP contribution < -0.4 is 0 Å². The number of amides is 1. The fourth-order valence-electron chi connectivity index (χ4n) is 0.825. The average Bonchev–Trinajstić information content (AvgIpc) is 1.98. The average molecular weight is 191 g/mol. The summed E-state index contributed by atoms with van der Waals surface area (Å²) in [5.74, 6) is -0.778. The van der Waals surface area contributed by atoms with Crippen LogP contribution in [0.2, 0.25) is 0 Å². The topological polar surface area (TPSA) is 57.6 Å². The molecule has 0 aliphatic rings. The van der Waals surface area contributed by atoms with Crippen molar-refractivity contribution in [2.75, 3.05) is 12.8 Å². The molecule has 1 amide bonds. The number of carbonyl (C=O) groups is 2. The maximum Gasteiger partial charge on any atom is 0.326 e. The zero-order chi connectivity index (χ0) is 9.72. The van der Waals surface area contributed by atoms with Gasteiger partial charge in [0.1, 0.15) is 6.04 Å². The lowest BCUT2D eigenvalue weighted by atomic mass is 10.2. The third-order valence-corrected chi connectivity index (χ3v) is 1.91. The maximum absolute atomic E-state index is 10.8. The first-order valence-electron chi connectivity index (χ1n) is 3.57. The van der Waals surface area contributed by atoms with Crippen molar-refractivity contribution in [1.82, 2.24) is 4.90 Å². The van der Waals surface area contributed by atoms with Gasteiger partial charge in [0.2, 0.25) is 5.91 Å². The van der Waals surface area contributed by atoms with Gasteiger partial charge in [0.15, 0.2) is 0 Å². The number of nitrogens with zero attached hydrogens (tertiary/aromatic N) is 1. The van der Waals surface area contributed by atoms with Crippen LogP contribution in [0.3, 0.4) is 0 Å². The van der Waals surface area contributed by atoms with E-state index in [0.29, 0.717) is 12.2 Å². The largest absolute Gasteiger partial charge is 0.480 e. The van der Waals surface area contributed by atoms with Crippen molar-refractivity contribution in [3.63, 3.8) is 0 Å². The first kappa shape index (κ1) is 11.3. The van der Waals surface area contributed by atoms with E-state index in [2.05, 4.69) is 12.6 Å². The lowest BCUT2D eigenvalue weighted by molar-refractivity contribution is -0.148. The fraction of sp³-hybridized carbons (Fsp3) is 0.714. The van der Waals surface area contributed by atoms with E-state index in [1.165, 1.54) is 18.9 Å². The molecule has 0 aliphatic carbocycles. The molecule has 12 heavy (non-hydrogen) atoms. The number of rotatable bonds is 4. The zero-order valence-electron chi connectivity index (χ0n) is 7.15. The summed E-state index contributed by atoms with van der Waals surface area (Å²) in [6, 6.07) is -0.750. The number of hydrogen-bond donors (Lipinski definition) is 2. The van der Waals surface area contributed by atoms with Gasteiger partial charge in [-0.05, 0) is 12.2 Å². The minimum absolute atomic E-state index is 0.246. The van der Waals surface area contributed by atoms with Crippen LogP contribution in [0, 0.1) is 0 Å². The standard InChI is InChI=1S/C7H13NO3S/c1-5(9)8(2)6(3-4-12)7(10)11/h6,12H,3-4H2,1-2H3,(H,10,11). The molecule has 4 nitrogen and oxygen atoms in total. The number of thiol groups is 1. The third kappa shape index (κ3) is 3.13. The van der Waals surface area contributed by atoms with Crippen molar-refractivity contribution in [2.45, 2.75) is 19.4 Å². The molecule has 0 aliphatic heterocycles. The SMILES string of the molecule is CC(=O)N(C)C(CCS)C(=O)O. The van der Waals surface area contributed by atoms with Crippen molar-refractivity contribution in [3.8, 4) is 0 Å². The van der Waals surface area contributed by atoms with Gasteiger partial charge in [0, 0.05) is 14.0 Å². The Bertz CT molecular complexity index is 183. The molecular weight excluding hydrogens is 178 g/mol. The van der Waals surface area contributed by atoms with Crippen LogP contribution in [0.25, 0.3) is 0 Å². The Morgan fingerprint density at radius 1 is 1.58 bits per heavy atom. The van der Waals surface area contributed by atoms with E-state index in [4.69, 9.17) is 5.11 Å². The lowest BCUT2D eigenvalue weighted by Crippen LogP contribution is -2.41. The van der Waals surface area contributed by atoms with Gasteiger partial charge in [0.05, 0.1) is 0 Å². The predicted octanol–water partition coefficient (Wildman–Crippen LogP) is 0.238. The van der Waals surface area contributed by atoms with E-state index in [0.717, 1.165) is 0 Å². The molecule has 0 saturated carbocycles. The minimum Gasteiger partial charge on any atom is -0.480 e. The summed E-state index contributed by atoms with van der Waals surface area (Å²) in [5.41, 5.74) is 0. The van der Waals surface area contributed by atoms with Crippen LogP contribution in [-0.2, 0) is 9.59 Å². The summed E-state index contributed by atoms with van der Waals surface area (Å²) in [5, 5.41) is 8.70. The second-order valence-corrected chi connectivity index (χ2v) is 2.94. The molecule has 0 spiro atoms. The van der Waals surface area contributed by atoms with Gasteiger partial charge in [-0.15, -0.1) is 0 Å². The summed E-state index contributed by atoms with van der Waals surface area (Å²) < 4.78 is 0. The first-order chi connectivity index (χ1) is 5.50. The Balaban J connectivity index is 4.28. The van der Waals surface area contributed by atoms with Crippen molar-refractivity contribution in [3.05, 3.63) is 0 Å². The summed E-state index contributed by atoms with van der Waals surface area (Å²) in [6.07, 6.45) is 0.370. The van der Waals surface area contributed by atoms with E-state index in [1.807, 2.05) is 0 Å². The van der Waals surface area contributed by atoms with Crippen LogP contribution in [0.5, 0.6) is 0 Å². The molecular formula is C7H13NO3S. The smallest absolute Gasteiger partial charge is 0.326 e. The molecule has 1 unspecified atom stereocenters. The van der Waals surface area contributed by atoms with Crippen molar-refractivity contribution >= 4 is 24.5 Å². The Morgan fingerprint density at radius 3 is 2.33 bits per heavy atom. The van der Waals surface area contributed by atoms with E-state index < -0.39 is 12.0 Å². The van der Waals surface area contributed by atoms with E-state index in [1.54, 1.807) is 0 Å². The second kappa shape index (κ2) is 5.03. The van der Waals surface area contributed by atoms with Gasteiger partial charge in [-0.2, -0.15) is 12.6 Å².